The second-order valence-electron chi connectivity index (χ2n) is 5.81. The lowest BCUT2D eigenvalue weighted by molar-refractivity contribution is -0.137. The molecular formula is C19H17Cl2N3O2S. The molecule has 0 aliphatic rings. The van der Waals surface area contributed by atoms with Gasteiger partial charge in [-0.2, -0.15) is 0 Å². The Morgan fingerprint density at radius 2 is 1.81 bits per heavy atom. The summed E-state index contributed by atoms with van der Waals surface area (Å²) in [6, 6.07) is 15.2. The third kappa shape index (κ3) is 5.03. The van der Waals surface area contributed by atoms with E-state index in [4.69, 9.17) is 28.3 Å². The largest absolute Gasteiger partial charge is 0.481 e. The minimum atomic E-state index is -0.773. The maximum absolute atomic E-state index is 10.6. The van der Waals surface area contributed by atoms with Crippen LogP contribution >= 0.6 is 35.0 Å². The highest BCUT2D eigenvalue weighted by molar-refractivity contribution is 7.99. The van der Waals surface area contributed by atoms with Crippen molar-refractivity contribution in [3.63, 3.8) is 0 Å². The Balaban J connectivity index is 1.90. The van der Waals surface area contributed by atoms with Gasteiger partial charge >= 0.3 is 5.97 Å². The van der Waals surface area contributed by atoms with Crippen LogP contribution in [0.25, 0.3) is 17.1 Å². The number of hydrogen-bond acceptors (Lipinski definition) is 4. The van der Waals surface area contributed by atoms with Gasteiger partial charge in [0, 0.05) is 17.7 Å². The van der Waals surface area contributed by atoms with Crippen molar-refractivity contribution < 1.29 is 9.90 Å². The number of halogens is 2. The molecule has 0 aliphatic carbocycles. The summed E-state index contributed by atoms with van der Waals surface area (Å²) in [5, 5.41) is 19.1. The molecule has 0 radical (unpaired) electrons. The number of rotatable bonds is 8. The molecule has 2 aromatic carbocycles. The van der Waals surface area contributed by atoms with Crippen molar-refractivity contribution >= 4 is 40.9 Å². The summed E-state index contributed by atoms with van der Waals surface area (Å²) in [4.78, 5) is 10.6. The Bertz CT molecular complexity index is 932. The smallest absolute Gasteiger partial charge is 0.303 e. The number of aliphatic carboxylic acids is 1. The highest BCUT2D eigenvalue weighted by Gasteiger charge is 2.16. The van der Waals surface area contributed by atoms with Crippen molar-refractivity contribution in [1.29, 1.82) is 0 Å². The Kier molecular flexibility index (Phi) is 6.77. The first-order valence-electron chi connectivity index (χ1n) is 8.37. The van der Waals surface area contributed by atoms with E-state index >= 15 is 0 Å². The predicted octanol–water partition coefficient (Wildman–Crippen LogP) is 5.59. The van der Waals surface area contributed by atoms with E-state index in [0.29, 0.717) is 22.3 Å². The van der Waals surface area contributed by atoms with Crippen LogP contribution in [0.5, 0.6) is 0 Å². The van der Waals surface area contributed by atoms with Crippen molar-refractivity contribution in [3.8, 4) is 17.1 Å². The monoisotopic (exact) mass is 421 g/mol. The summed E-state index contributed by atoms with van der Waals surface area (Å²) in [7, 11) is 0. The molecule has 5 nitrogen and oxygen atoms in total. The minimum Gasteiger partial charge on any atom is -0.481 e. The number of hydrogen-bond donors (Lipinski definition) is 1. The lowest BCUT2D eigenvalue weighted by Gasteiger charge is -2.11. The van der Waals surface area contributed by atoms with Gasteiger partial charge in [-0.05, 0) is 31.0 Å². The number of carbonyl (C=O) groups is 1. The van der Waals surface area contributed by atoms with E-state index in [1.54, 1.807) is 12.1 Å². The van der Waals surface area contributed by atoms with Crippen LogP contribution in [0.3, 0.4) is 0 Å². The van der Waals surface area contributed by atoms with Gasteiger partial charge in [-0.1, -0.05) is 65.3 Å². The lowest BCUT2D eigenvalue weighted by Crippen LogP contribution is -2.00. The summed E-state index contributed by atoms with van der Waals surface area (Å²) in [6.07, 6.45) is 1.59. The Labute approximate surface area is 171 Å². The number of aromatic nitrogens is 3. The van der Waals surface area contributed by atoms with Crippen LogP contribution in [-0.4, -0.2) is 31.6 Å². The summed E-state index contributed by atoms with van der Waals surface area (Å²) in [6.45, 7) is 0. The first-order valence-corrected chi connectivity index (χ1v) is 10.1. The van der Waals surface area contributed by atoms with E-state index in [-0.39, 0.29) is 6.42 Å². The molecule has 0 aliphatic heterocycles. The van der Waals surface area contributed by atoms with Crippen LogP contribution in [0.1, 0.15) is 19.3 Å². The van der Waals surface area contributed by atoms with Crippen molar-refractivity contribution in [2.45, 2.75) is 24.4 Å². The molecule has 27 heavy (non-hydrogen) atoms. The second-order valence-corrected chi connectivity index (χ2v) is 7.68. The molecule has 0 unspecified atom stereocenters. The average molecular weight is 422 g/mol. The van der Waals surface area contributed by atoms with E-state index in [0.717, 1.165) is 28.6 Å². The Morgan fingerprint density at radius 3 is 2.52 bits per heavy atom. The average Bonchev–Trinajstić information content (AvgIpc) is 3.08. The van der Waals surface area contributed by atoms with Gasteiger partial charge in [0.05, 0.1) is 15.7 Å². The molecule has 1 aromatic heterocycles. The molecule has 0 bridgehead atoms. The zero-order valence-electron chi connectivity index (χ0n) is 14.3. The first kappa shape index (κ1) is 19.7. The Hall–Kier alpha value is -2.02. The SMILES string of the molecule is O=C(O)CCCCSc1nnc(-c2ccccc2)n1-c1ccc(Cl)c(Cl)c1. The first-order chi connectivity index (χ1) is 13.1. The van der Waals surface area contributed by atoms with Crippen molar-refractivity contribution in [1.82, 2.24) is 14.8 Å². The fourth-order valence-electron chi connectivity index (χ4n) is 2.54. The highest BCUT2D eigenvalue weighted by atomic mass is 35.5. The summed E-state index contributed by atoms with van der Waals surface area (Å²) < 4.78 is 1.94. The maximum Gasteiger partial charge on any atom is 0.303 e. The quantitative estimate of drug-likeness (QED) is 0.379. The highest BCUT2D eigenvalue weighted by Crippen LogP contribution is 2.31. The van der Waals surface area contributed by atoms with Gasteiger partial charge in [-0.15, -0.1) is 10.2 Å². The number of nitrogens with zero attached hydrogens (tertiary/aromatic N) is 3. The van der Waals surface area contributed by atoms with Crippen molar-refractivity contribution in [2.24, 2.45) is 0 Å². The molecule has 1 heterocycles. The van der Waals surface area contributed by atoms with E-state index in [9.17, 15) is 4.79 Å². The fraction of sp³-hybridized carbons (Fsp3) is 0.211. The maximum atomic E-state index is 10.6. The summed E-state index contributed by atoms with van der Waals surface area (Å²) in [5.41, 5.74) is 1.76. The molecule has 1 N–H and O–H groups in total. The number of carboxylic acids is 1. The standard InChI is InChI=1S/C19H17Cl2N3O2S/c20-15-10-9-14(12-16(15)21)24-18(13-6-2-1-3-7-13)22-23-19(24)27-11-5-4-8-17(25)26/h1-3,6-7,9-10,12H,4-5,8,11H2,(H,25,26). The van der Waals surface area contributed by atoms with Gasteiger partial charge in [0.15, 0.2) is 11.0 Å². The number of unbranched alkanes of at least 4 members (excludes halogenated alkanes) is 1. The van der Waals surface area contributed by atoms with Gasteiger partial charge in [-0.25, -0.2) is 0 Å². The molecular weight excluding hydrogens is 405 g/mol. The minimum absolute atomic E-state index is 0.176. The zero-order chi connectivity index (χ0) is 19.2. The van der Waals surface area contributed by atoms with Gasteiger partial charge in [0.1, 0.15) is 0 Å². The molecule has 0 atom stereocenters. The van der Waals surface area contributed by atoms with Gasteiger partial charge < -0.3 is 5.11 Å². The van der Waals surface area contributed by atoms with E-state index in [1.807, 2.05) is 41.0 Å². The van der Waals surface area contributed by atoms with Crippen LogP contribution < -0.4 is 0 Å². The second kappa shape index (κ2) is 9.26. The topological polar surface area (TPSA) is 68.0 Å². The molecule has 0 amide bonds. The van der Waals surface area contributed by atoms with Crippen LogP contribution in [0.2, 0.25) is 10.0 Å². The van der Waals surface area contributed by atoms with Crippen LogP contribution in [-0.2, 0) is 4.79 Å². The van der Waals surface area contributed by atoms with Crippen molar-refractivity contribution in [2.75, 3.05) is 5.75 Å². The molecule has 0 spiro atoms. The van der Waals surface area contributed by atoms with Crippen LogP contribution in [0.15, 0.2) is 53.7 Å². The lowest BCUT2D eigenvalue weighted by atomic mass is 10.2. The molecule has 0 saturated carbocycles. The van der Waals surface area contributed by atoms with E-state index < -0.39 is 5.97 Å². The Morgan fingerprint density at radius 1 is 1.04 bits per heavy atom. The number of benzene rings is 2. The molecule has 3 aromatic rings. The zero-order valence-corrected chi connectivity index (χ0v) is 16.6. The molecule has 8 heteroatoms. The van der Waals surface area contributed by atoms with E-state index in [1.165, 1.54) is 11.8 Å². The molecule has 0 saturated heterocycles. The normalized spacial score (nSPS) is 10.9. The molecule has 140 valence electrons. The third-order valence-electron chi connectivity index (χ3n) is 3.84. The predicted molar refractivity (Wildman–Crippen MR) is 109 cm³/mol. The number of carboxylic acid groups (broad SMARTS) is 1. The number of thioether (sulfide) groups is 1. The van der Waals surface area contributed by atoms with Gasteiger partial charge in [0.25, 0.3) is 0 Å². The van der Waals surface area contributed by atoms with E-state index in [2.05, 4.69) is 10.2 Å². The van der Waals surface area contributed by atoms with Crippen molar-refractivity contribution in [3.05, 3.63) is 58.6 Å². The van der Waals surface area contributed by atoms with Gasteiger partial charge in [0.2, 0.25) is 0 Å². The van der Waals surface area contributed by atoms with Crippen LogP contribution in [0, 0.1) is 0 Å². The molecule has 3 rings (SSSR count). The third-order valence-corrected chi connectivity index (χ3v) is 5.60. The van der Waals surface area contributed by atoms with Gasteiger partial charge in [-0.3, -0.25) is 9.36 Å². The van der Waals surface area contributed by atoms with Crippen LogP contribution in [0.4, 0.5) is 0 Å². The molecule has 0 fully saturated rings. The fourth-order valence-corrected chi connectivity index (χ4v) is 3.78. The summed E-state index contributed by atoms with van der Waals surface area (Å²) >= 11 is 13.8. The summed E-state index contributed by atoms with van der Waals surface area (Å²) in [5.74, 6) is 0.689.